The van der Waals surface area contributed by atoms with Crippen LogP contribution >= 0.6 is 11.6 Å². The molecule has 3 aromatic rings. The van der Waals surface area contributed by atoms with E-state index in [2.05, 4.69) is 30.9 Å². The van der Waals surface area contributed by atoms with Crippen LogP contribution in [0.25, 0.3) is 11.3 Å². The molecule has 10 heteroatoms. The minimum absolute atomic E-state index is 0.225. The first-order chi connectivity index (χ1) is 13.9. The van der Waals surface area contributed by atoms with Crippen molar-refractivity contribution in [2.24, 2.45) is 7.05 Å². The number of ether oxygens (including phenoxy) is 1. The van der Waals surface area contributed by atoms with Crippen molar-refractivity contribution in [3.63, 3.8) is 0 Å². The van der Waals surface area contributed by atoms with Crippen molar-refractivity contribution in [2.45, 2.75) is 27.3 Å². The van der Waals surface area contributed by atoms with E-state index in [1.165, 1.54) is 0 Å². The predicted molar refractivity (Wildman–Crippen MR) is 110 cm³/mol. The molecule has 0 spiro atoms. The monoisotopic (exact) mass is 415 g/mol. The molecule has 0 aliphatic heterocycles. The molecule has 0 radical (unpaired) electrons. The lowest BCUT2D eigenvalue weighted by atomic mass is 10.1. The van der Waals surface area contributed by atoms with Gasteiger partial charge in [0.15, 0.2) is 0 Å². The Morgan fingerprint density at radius 3 is 2.69 bits per heavy atom. The normalized spacial score (nSPS) is 10.7. The number of rotatable bonds is 6. The summed E-state index contributed by atoms with van der Waals surface area (Å²) < 4.78 is 7.06. The molecular formula is C19H22ClN7O2. The fourth-order valence-corrected chi connectivity index (χ4v) is 3.04. The van der Waals surface area contributed by atoms with E-state index in [0.29, 0.717) is 23.9 Å². The highest BCUT2D eigenvalue weighted by atomic mass is 35.5. The summed E-state index contributed by atoms with van der Waals surface area (Å²) in [4.78, 5) is 16.2. The van der Waals surface area contributed by atoms with Crippen molar-refractivity contribution < 1.29 is 9.53 Å². The van der Waals surface area contributed by atoms with Crippen LogP contribution in [0.4, 0.5) is 10.5 Å². The molecule has 3 rings (SSSR count). The maximum absolute atomic E-state index is 12.2. The molecule has 3 heterocycles. The Balaban J connectivity index is 1.63. The fraction of sp³-hybridized carbons (Fsp3) is 0.316. The second-order valence-electron chi connectivity index (χ2n) is 6.43. The van der Waals surface area contributed by atoms with Crippen molar-refractivity contribution in [1.29, 1.82) is 0 Å². The summed E-state index contributed by atoms with van der Waals surface area (Å²) in [7, 11) is 1.86. The van der Waals surface area contributed by atoms with Crippen LogP contribution in [0.5, 0.6) is 5.88 Å². The quantitative estimate of drug-likeness (QED) is 0.598. The van der Waals surface area contributed by atoms with Crippen LogP contribution in [0.1, 0.15) is 23.9 Å². The van der Waals surface area contributed by atoms with E-state index in [9.17, 15) is 4.79 Å². The number of urea groups is 1. The molecule has 2 amide bonds. The Morgan fingerprint density at radius 2 is 2.03 bits per heavy atom. The van der Waals surface area contributed by atoms with Crippen LogP contribution in [0, 0.1) is 13.8 Å². The van der Waals surface area contributed by atoms with Crippen LogP contribution in [0.15, 0.2) is 24.4 Å². The first kappa shape index (κ1) is 20.5. The van der Waals surface area contributed by atoms with Gasteiger partial charge in [-0.25, -0.2) is 9.78 Å². The minimum Gasteiger partial charge on any atom is -0.478 e. The summed E-state index contributed by atoms with van der Waals surface area (Å²) >= 11 is 5.95. The number of hydrogen-bond acceptors (Lipinski definition) is 6. The van der Waals surface area contributed by atoms with Gasteiger partial charge in [0.1, 0.15) is 5.15 Å². The minimum atomic E-state index is -0.402. The van der Waals surface area contributed by atoms with Crippen molar-refractivity contribution in [3.8, 4) is 17.1 Å². The van der Waals surface area contributed by atoms with Gasteiger partial charge in [0.25, 0.3) is 0 Å². The highest BCUT2D eigenvalue weighted by Crippen LogP contribution is 2.23. The number of aromatic nitrogens is 5. The number of hydrogen-bond donors (Lipinski definition) is 2. The Bertz CT molecular complexity index is 1040. The van der Waals surface area contributed by atoms with Gasteiger partial charge in [-0.15, -0.1) is 5.10 Å². The average Bonchev–Trinajstić information content (AvgIpc) is 2.98. The van der Waals surface area contributed by atoms with E-state index in [4.69, 9.17) is 16.3 Å². The van der Waals surface area contributed by atoms with Gasteiger partial charge in [-0.1, -0.05) is 11.6 Å². The predicted octanol–water partition coefficient (Wildman–Crippen LogP) is 3.26. The molecule has 2 N–H and O–H groups in total. The summed E-state index contributed by atoms with van der Waals surface area (Å²) in [6.45, 7) is 6.40. The summed E-state index contributed by atoms with van der Waals surface area (Å²) in [6, 6.07) is 4.63. The second kappa shape index (κ2) is 8.87. The molecule has 152 valence electrons. The van der Waals surface area contributed by atoms with E-state index in [-0.39, 0.29) is 11.7 Å². The molecule has 0 bridgehead atoms. The van der Waals surface area contributed by atoms with Gasteiger partial charge in [0, 0.05) is 24.9 Å². The number of carbonyl (C=O) groups is 1. The standard InChI is InChI=1S/C19H22ClN7O2/c1-5-29-17-8-13(7-16(20)23-17)22-19(28)21-9-14-6-11(2)18(25-24-14)15-10-27(4)26-12(15)3/h6-8,10H,5,9H2,1-4H3,(H2,21,22,23,28). The van der Waals surface area contributed by atoms with E-state index >= 15 is 0 Å². The molecule has 3 aromatic heterocycles. The zero-order valence-electron chi connectivity index (χ0n) is 16.7. The molecule has 0 saturated carbocycles. The van der Waals surface area contributed by atoms with Crippen LogP contribution in [0.2, 0.25) is 5.15 Å². The Hall–Kier alpha value is -3.20. The maximum atomic E-state index is 12.2. The van der Waals surface area contributed by atoms with Gasteiger partial charge in [0.05, 0.1) is 35.9 Å². The van der Waals surface area contributed by atoms with Crippen LogP contribution in [-0.2, 0) is 13.6 Å². The van der Waals surface area contributed by atoms with E-state index in [1.54, 1.807) is 16.8 Å². The van der Waals surface area contributed by atoms with Gasteiger partial charge in [-0.3, -0.25) is 4.68 Å². The zero-order valence-corrected chi connectivity index (χ0v) is 17.4. The van der Waals surface area contributed by atoms with E-state index in [0.717, 1.165) is 22.5 Å². The van der Waals surface area contributed by atoms with Gasteiger partial charge in [-0.2, -0.15) is 10.2 Å². The highest BCUT2D eigenvalue weighted by molar-refractivity contribution is 6.29. The molecule has 0 unspecified atom stereocenters. The number of aryl methyl sites for hydroxylation is 3. The summed E-state index contributed by atoms with van der Waals surface area (Å²) in [5.74, 6) is 0.345. The lowest BCUT2D eigenvalue weighted by Crippen LogP contribution is -2.28. The van der Waals surface area contributed by atoms with Gasteiger partial charge in [0.2, 0.25) is 5.88 Å². The maximum Gasteiger partial charge on any atom is 0.319 e. The highest BCUT2D eigenvalue weighted by Gasteiger charge is 2.12. The molecule has 0 atom stereocenters. The molecule has 0 aliphatic rings. The first-order valence-electron chi connectivity index (χ1n) is 9.04. The SMILES string of the molecule is CCOc1cc(NC(=O)NCc2cc(C)c(-c3cn(C)nc3C)nn2)cc(Cl)n1. The summed E-state index contributed by atoms with van der Waals surface area (Å²) in [6.07, 6.45) is 1.91. The third-order valence-electron chi connectivity index (χ3n) is 4.05. The van der Waals surface area contributed by atoms with Crippen LogP contribution in [0.3, 0.4) is 0 Å². The third kappa shape index (κ3) is 5.20. The molecule has 0 aromatic carbocycles. The van der Waals surface area contributed by atoms with Gasteiger partial charge < -0.3 is 15.4 Å². The molecular weight excluding hydrogens is 394 g/mol. The molecule has 0 aliphatic carbocycles. The average molecular weight is 416 g/mol. The van der Waals surface area contributed by atoms with Crippen molar-refractivity contribution in [1.82, 2.24) is 30.3 Å². The van der Waals surface area contributed by atoms with Crippen LogP contribution in [-0.4, -0.2) is 37.6 Å². The number of nitrogens with zero attached hydrogens (tertiary/aromatic N) is 5. The lowest BCUT2D eigenvalue weighted by Gasteiger charge is -2.10. The molecule has 0 fully saturated rings. The summed E-state index contributed by atoms with van der Waals surface area (Å²) in [5.41, 5.74) is 4.68. The second-order valence-corrected chi connectivity index (χ2v) is 6.81. The molecule has 9 nitrogen and oxygen atoms in total. The molecule has 0 saturated heterocycles. The smallest absolute Gasteiger partial charge is 0.319 e. The Morgan fingerprint density at radius 1 is 1.24 bits per heavy atom. The van der Waals surface area contributed by atoms with Crippen molar-refractivity contribution >= 4 is 23.3 Å². The van der Waals surface area contributed by atoms with Crippen LogP contribution < -0.4 is 15.4 Å². The summed E-state index contributed by atoms with van der Waals surface area (Å²) in [5, 5.41) is 18.5. The lowest BCUT2D eigenvalue weighted by molar-refractivity contribution is 0.251. The molecule has 29 heavy (non-hydrogen) atoms. The number of anilines is 1. The van der Waals surface area contributed by atoms with Crippen molar-refractivity contribution in [2.75, 3.05) is 11.9 Å². The number of nitrogens with one attached hydrogen (secondary N) is 2. The van der Waals surface area contributed by atoms with Gasteiger partial charge >= 0.3 is 6.03 Å². The Kier molecular flexibility index (Phi) is 6.28. The van der Waals surface area contributed by atoms with E-state index in [1.807, 2.05) is 40.1 Å². The van der Waals surface area contributed by atoms with E-state index < -0.39 is 6.03 Å². The fourth-order valence-electron chi connectivity index (χ4n) is 2.84. The van der Waals surface area contributed by atoms with Gasteiger partial charge in [-0.05, 0) is 38.5 Å². The number of halogens is 1. The number of pyridine rings is 1. The van der Waals surface area contributed by atoms with Crippen molar-refractivity contribution in [3.05, 3.63) is 46.5 Å². The number of carbonyl (C=O) groups excluding carboxylic acids is 1. The number of amides is 2. The largest absolute Gasteiger partial charge is 0.478 e. The Labute approximate surface area is 173 Å². The zero-order chi connectivity index (χ0) is 21.0. The third-order valence-corrected chi connectivity index (χ3v) is 4.25. The first-order valence-corrected chi connectivity index (χ1v) is 9.42. The topological polar surface area (TPSA) is 107 Å².